The van der Waals surface area contributed by atoms with Crippen LogP contribution in [0.4, 0.5) is 0 Å². The standard InChI is InChI=1S/C63H119N2O7P/c1-7-10-13-16-19-22-25-27-29-30-31-32-33-34-36-38-41-44-47-50-53-56-63(67)72-61(54-51-48-45-42-39-24-21-18-15-12-9-3)60(59-71-73(68,69)70-58-57-65(4,5)6)64-62(66)55-52-49-46-43-40-37-35-28-26-23-20-17-14-11-8-2/h19,22-23,26-27,29,51,54,60-61H,7-18,20-21,24-25,28,30-50,52-53,55-59H2,1-6H3,(H-,64,66,68,69)/b22-19-,26-23-,29-27-,54-51-. The highest BCUT2D eigenvalue weighted by atomic mass is 31.2. The molecule has 3 unspecified atom stereocenters. The summed E-state index contributed by atoms with van der Waals surface area (Å²) >= 11 is 0. The van der Waals surface area contributed by atoms with Crippen molar-refractivity contribution in [1.82, 2.24) is 5.32 Å². The van der Waals surface area contributed by atoms with Crippen LogP contribution >= 0.6 is 7.82 Å². The van der Waals surface area contributed by atoms with Gasteiger partial charge in [0.05, 0.1) is 33.8 Å². The summed E-state index contributed by atoms with van der Waals surface area (Å²) in [4.78, 5) is 39.9. The van der Waals surface area contributed by atoms with Crippen molar-refractivity contribution in [1.29, 1.82) is 0 Å². The average molecular weight is 1050 g/mol. The number of esters is 1. The van der Waals surface area contributed by atoms with E-state index in [1.54, 1.807) is 0 Å². The Morgan fingerprint density at radius 3 is 1.29 bits per heavy atom. The lowest BCUT2D eigenvalue weighted by Crippen LogP contribution is -2.47. The quantitative estimate of drug-likeness (QED) is 0.0212. The van der Waals surface area contributed by atoms with Gasteiger partial charge in [0.2, 0.25) is 5.91 Å². The second-order valence-corrected chi connectivity index (χ2v) is 23.6. The molecule has 0 fully saturated rings. The first-order valence-electron chi connectivity index (χ1n) is 30.9. The molecule has 0 aliphatic heterocycles. The van der Waals surface area contributed by atoms with Crippen molar-refractivity contribution in [2.75, 3.05) is 40.9 Å². The highest BCUT2D eigenvalue weighted by molar-refractivity contribution is 7.45. The van der Waals surface area contributed by atoms with E-state index >= 15 is 0 Å². The van der Waals surface area contributed by atoms with Crippen molar-refractivity contribution in [3.63, 3.8) is 0 Å². The summed E-state index contributed by atoms with van der Waals surface area (Å²) < 4.78 is 30.3. The number of carbonyl (C=O) groups excluding carboxylic acids is 2. The minimum absolute atomic E-state index is 0.0230. The van der Waals surface area contributed by atoms with E-state index in [1.807, 2.05) is 33.3 Å². The maximum atomic E-state index is 13.5. The van der Waals surface area contributed by atoms with Crippen molar-refractivity contribution in [2.24, 2.45) is 0 Å². The van der Waals surface area contributed by atoms with Gasteiger partial charge in [-0.3, -0.25) is 14.2 Å². The van der Waals surface area contributed by atoms with E-state index in [4.69, 9.17) is 13.8 Å². The maximum Gasteiger partial charge on any atom is 0.306 e. The zero-order valence-corrected chi connectivity index (χ0v) is 49.7. The van der Waals surface area contributed by atoms with Crippen LogP contribution in [0.25, 0.3) is 0 Å². The Bertz CT molecular complexity index is 1390. The number of likely N-dealkylation sites (N-methyl/N-ethyl adjacent to an activating group) is 1. The molecule has 428 valence electrons. The minimum Gasteiger partial charge on any atom is -0.756 e. The zero-order valence-electron chi connectivity index (χ0n) is 48.8. The van der Waals surface area contributed by atoms with Gasteiger partial charge in [-0.1, -0.05) is 237 Å². The number of hydrogen-bond acceptors (Lipinski definition) is 7. The second kappa shape index (κ2) is 53.4. The number of quaternary nitrogens is 1. The van der Waals surface area contributed by atoms with Crippen LogP contribution in [0.5, 0.6) is 0 Å². The number of rotatable bonds is 56. The molecular formula is C63H119N2O7P. The van der Waals surface area contributed by atoms with Crippen molar-refractivity contribution in [3.05, 3.63) is 48.6 Å². The monoisotopic (exact) mass is 1050 g/mol. The van der Waals surface area contributed by atoms with Gasteiger partial charge in [-0.15, -0.1) is 0 Å². The van der Waals surface area contributed by atoms with Crippen molar-refractivity contribution >= 4 is 19.7 Å². The Labute approximate surface area is 452 Å². The third kappa shape index (κ3) is 54.6. The van der Waals surface area contributed by atoms with Gasteiger partial charge >= 0.3 is 5.97 Å². The fourth-order valence-corrected chi connectivity index (χ4v) is 9.62. The lowest BCUT2D eigenvalue weighted by Gasteiger charge is -2.30. The topological polar surface area (TPSA) is 114 Å². The molecule has 10 heteroatoms. The number of phosphoric ester groups is 1. The molecule has 0 rings (SSSR count). The molecule has 9 nitrogen and oxygen atoms in total. The maximum absolute atomic E-state index is 13.5. The number of ether oxygens (including phenoxy) is 1. The van der Waals surface area contributed by atoms with Crippen LogP contribution in [0, 0.1) is 0 Å². The summed E-state index contributed by atoms with van der Waals surface area (Å²) in [7, 11) is 1.19. The van der Waals surface area contributed by atoms with Crippen LogP contribution in [0.15, 0.2) is 48.6 Å². The normalized spacial score (nSPS) is 14.0. The molecule has 0 aromatic rings. The number of carbonyl (C=O) groups is 2. The average Bonchev–Trinajstić information content (AvgIpc) is 3.35. The Balaban J connectivity index is 5.18. The molecule has 0 aliphatic carbocycles. The number of allylic oxidation sites excluding steroid dienone is 7. The first kappa shape index (κ1) is 71.0. The van der Waals surface area contributed by atoms with Crippen LogP contribution < -0.4 is 10.2 Å². The number of amides is 1. The van der Waals surface area contributed by atoms with E-state index < -0.39 is 20.0 Å². The molecule has 3 atom stereocenters. The van der Waals surface area contributed by atoms with Crippen LogP contribution in [-0.2, 0) is 27.9 Å². The van der Waals surface area contributed by atoms with Gasteiger partial charge < -0.3 is 28.5 Å². The zero-order chi connectivity index (χ0) is 53.6. The first-order chi connectivity index (χ1) is 35.4. The van der Waals surface area contributed by atoms with Crippen LogP contribution in [0.1, 0.15) is 290 Å². The van der Waals surface area contributed by atoms with Gasteiger partial charge in [-0.05, 0) is 89.5 Å². The SMILES string of the molecule is CCCCC/C=C\C/C=C\CCCCCCCCCCCCCC(=O)OC(/C=C\CCCCCCCCCCC)C(COP(=O)([O-])OCC[N+](C)(C)C)NC(=O)CCCCCCCCC/C=C\CCCCCC. The summed E-state index contributed by atoms with van der Waals surface area (Å²) in [6.07, 6.45) is 65.0. The summed E-state index contributed by atoms with van der Waals surface area (Å²) in [6, 6.07) is -0.889. The molecule has 0 aromatic carbocycles. The van der Waals surface area contributed by atoms with Gasteiger partial charge in [-0.25, -0.2) is 0 Å². The van der Waals surface area contributed by atoms with E-state index in [-0.39, 0.29) is 31.5 Å². The third-order valence-electron chi connectivity index (χ3n) is 13.7. The molecule has 0 radical (unpaired) electrons. The molecule has 73 heavy (non-hydrogen) atoms. The first-order valence-corrected chi connectivity index (χ1v) is 32.4. The predicted octanol–water partition coefficient (Wildman–Crippen LogP) is 18.3. The molecule has 0 aromatic heterocycles. The van der Waals surface area contributed by atoms with E-state index in [0.29, 0.717) is 17.4 Å². The Hall–Kier alpha value is -2.03. The lowest BCUT2D eigenvalue weighted by atomic mass is 10.0. The van der Waals surface area contributed by atoms with Gasteiger partial charge in [0.25, 0.3) is 7.82 Å². The summed E-state index contributed by atoms with van der Waals surface area (Å²) in [5, 5.41) is 3.02. The van der Waals surface area contributed by atoms with Gasteiger partial charge in [0, 0.05) is 12.8 Å². The van der Waals surface area contributed by atoms with E-state index in [0.717, 1.165) is 77.0 Å². The highest BCUT2D eigenvalue weighted by Crippen LogP contribution is 2.38. The van der Waals surface area contributed by atoms with Gasteiger partial charge in [0.15, 0.2) is 0 Å². The minimum atomic E-state index is -4.70. The number of unbranched alkanes of at least 4 members (excludes halogenated alkanes) is 34. The van der Waals surface area contributed by atoms with Gasteiger partial charge in [0.1, 0.15) is 19.3 Å². The Morgan fingerprint density at radius 1 is 0.479 bits per heavy atom. The number of nitrogens with zero attached hydrogens (tertiary/aromatic N) is 1. The number of phosphoric acid groups is 1. The second-order valence-electron chi connectivity index (χ2n) is 22.2. The van der Waals surface area contributed by atoms with Crippen LogP contribution in [0.3, 0.4) is 0 Å². The van der Waals surface area contributed by atoms with Crippen molar-refractivity contribution < 1.29 is 37.3 Å². The molecule has 1 N–H and O–H groups in total. The van der Waals surface area contributed by atoms with Gasteiger partial charge in [-0.2, -0.15) is 0 Å². The highest BCUT2D eigenvalue weighted by Gasteiger charge is 2.27. The molecule has 0 spiro atoms. The summed E-state index contributed by atoms with van der Waals surface area (Å²) in [5.41, 5.74) is 0. The predicted molar refractivity (Wildman–Crippen MR) is 312 cm³/mol. The molecule has 0 bridgehead atoms. The van der Waals surface area contributed by atoms with E-state index in [2.05, 4.69) is 62.5 Å². The summed E-state index contributed by atoms with van der Waals surface area (Å²) in [6.45, 7) is 6.81. The van der Waals surface area contributed by atoms with Crippen LogP contribution in [0.2, 0.25) is 0 Å². The van der Waals surface area contributed by atoms with E-state index in [1.165, 1.54) is 180 Å². The molecule has 0 aliphatic rings. The smallest absolute Gasteiger partial charge is 0.306 e. The molecule has 0 heterocycles. The number of hydrogen-bond donors (Lipinski definition) is 1. The molecule has 1 amide bonds. The van der Waals surface area contributed by atoms with Crippen molar-refractivity contribution in [2.45, 2.75) is 303 Å². The Kier molecular flexibility index (Phi) is 51.9. The van der Waals surface area contributed by atoms with Crippen molar-refractivity contribution in [3.8, 4) is 0 Å². The molecule has 0 saturated carbocycles. The van der Waals surface area contributed by atoms with Crippen LogP contribution in [-0.4, -0.2) is 69.4 Å². The fourth-order valence-electron chi connectivity index (χ4n) is 8.90. The lowest BCUT2D eigenvalue weighted by molar-refractivity contribution is -0.870. The largest absolute Gasteiger partial charge is 0.756 e. The fraction of sp³-hybridized carbons (Fsp3) is 0.841. The number of nitrogens with one attached hydrogen (secondary N) is 1. The third-order valence-corrected chi connectivity index (χ3v) is 14.7. The molecule has 0 saturated heterocycles. The van der Waals surface area contributed by atoms with E-state index in [9.17, 15) is 19.0 Å². The summed E-state index contributed by atoms with van der Waals surface area (Å²) in [5.74, 6) is -0.542. The molecular weight excluding hydrogens is 928 g/mol. The Morgan fingerprint density at radius 2 is 0.836 bits per heavy atom.